The summed E-state index contributed by atoms with van der Waals surface area (Å²) >= 11 is 5.77. The van der Waals surface area contributed by atoms with Crippen molar-refractivity contribution in [3.05, 3.63) is 59.1 Å². The lowest BCUT2D eigenvalue weighted by Crippen LogP contribution is -2.25. The van der Waals surface area contributed by atoms with Crippen LogP contribution < -0.4 is 4.72 Å². The number of carbonyl (C=O) groups excluding carboxylic acids is 2. The number of rotatable bonds is 6. The van der Waals surface area contributed by atoms with Gasteiger partial charge in [-0.15, -0.1) is 0 Å². The molecule has 9 heteroatoms. The second-order valence-electron chi connectivity index (χ2n) is 5.21. The van der Waals surface area contributed by atoms with E-state index in [2.05, 4.69) is 9.46 Å². The van der Waals surface area contributed by atoms with E-state index in [9.17, 15) is 18.0 Å². The summed E-state index contributed by atoms with van der Waals surface area (Å²) in [5.74, 6) is -1.56. The molecule has 1 atom stereocenters. The van der Waals surface area contributed by atoms with Crippen molar-refractivity contribution in [1.82, 2.24) is 0 Å². The Hall–Kier alpha value is -2.58. The second-order valence-corrected chi connectivity index (χ2v) is 7.33. The van der Waals surface area contributed by atoms with Crippen LogP contribution in [0.1, 0.15) is 17.3 Å². The van der Waals surface area contributed by atoms with Gasteiger partial charge in [0.25, 0.3) is 10.0 Å². The van der Waals surface area contributed by atoms with E-state index in [1.165, 1.54) is 44.4 Å². The summed E-state index contributed by atoms with van der Waals surface area (Å²) in [6, 6.07) is 11.4. The predicted molar refractivity (Wildman–Crippen MR) is 95.6 cm³/mol. The Labute approximate surface area is 155 Å². The van der Waals surface area contributed by atoms with Gasteiger partial charge in [0, 0.05) is 10.7 Å². The number of nitrogens with one attached hydrogen (secondary N) is 1. The molecule has 0 aliphatic heterocycles. The van der Waals surface area contributed by atoms with Crippen molar-refractivity contribution in [2.45, 2.75) is 17.9 Å². The van der Waals surface area contributed by atoms with Gasteiger partial charge in [0.2, 0.25) is 0 Å². The molecule has 0 saturated heterocycles. The van der Waals surface area contributed by atoms with Gasteiger partial charge >= 0.3 is 11.9 Å². The van der Waals surface area contributed by atoms with E-state index in [4.69, 9.17) is 16.3 Å². The zero-order valence-electron chi connectivity index (χ0n) is 13.9. The van der Waals surface area contributed by atoms with Crippen LogP contribution in [-0.2, 0) is 24.3 Å². The number of esters is 2. The number of hydrogen-bond donors (Lipinski definition) is 1. The second kappa shape index (κ2) is 8.20. The minimum Gasteiger partial charge on any atom is -0.466 e. The molecule has 0 radical (unpaired) electrons. The molecular weight excluding hydrogens is 382 g/mol. The molecular formula is C17H16ClNO6S. The fraction of sp³-hybridized carbons (Fsp3) is 0.176. The summed E-state index contributed by atoms with van der Waals surface area (Å²) in [5.41, 5.74) is 0.307. The fourth-order valence-corrected chi connectivity index (χ4v) is 3.19. The van der Waals surface area contributed by atoms with E-state index in [1.54, 1.807) is 12.1 Å². The first-order valence-corrected chi connectivity index (χ1v) is 9.26. The van der Waals surface area contributed by atoms with E-state index >= 15 is 0 Å². The van der Waals surface area contributed by atoms with Gasteiger partial charge in [0.1, 0.15) is 0 Å². The van der Waals surface area contributed by atoms with Gasteiger partial charge < -0.3 is 9.47 Å². The van der Waals surface area contributed by atoms with E-state index in [0.717, 1.165) is 6.07 Å². The van der Waals surface area contributed by atoms with Crippen molar-refractivity contribution in [3.8, 4) is 0 Å². The van der Waals surface area contributed by atoms with Crippen LogP contribution >= 0.6 is 11.6 Å². The zero-order chi connectivity index (χ0) is 19.3. The highest BCUT2D eigenvalue weighted by Gasteiger charge is 2.21. The lowest BCUT2D eigenvalue weighted by atomic mass is 10.2. The summed E-state index contributed by atoms with van der Waals surface area (Å²) in [6.07, 6.45) is -1.11. The summed E-state index contributed by atoms with van der Waals surface area (Å²) in [5, 5.41) is 0.470. The number of hydrogen-bond acceptors (Lipinski definition) is 6. The molecule has 7 nitrogen and oxygen atoms in total. The Morgan fingerprint density at radius 1 is 1.12 bits per heavy atom. The lowest BCUT2D eigenvalue weighted by Gasteiger charge is -2.12. The minimum atomic E-state index is -3.92. The zero-order valence-corrected chi connectivity index (χ0v) is 15.5. The molecule has 0 spiro atoms. The molecule has 2 aromatic rings. The van der Waals surface area contributed by atoms with Gasteiger partial charge in [-0.25, -0.2) is 18.0 Å². The Morgan fingerprint density at radius 2 is 1.77 bits per heavy atom. The fourth-order valence-electron chi connectivity index (χ4n) is 1.96. The summed E-state index contributed by atoms with van der Waals surface area (Å²) in [6.45, 7) is 1.35. The van der Waals surface area contributed by atoms with Crippen LogP contribution in [-0.4, -0.2) is 33.6 Å². The van der Waals surface area contributed by atoms with Crippen molar-refractivity contribution >= 4 is 39.3 Å². The molecule has 0 aliphatic carbocycles. The van der Waals surface area contributed by atoms with E-state index < -0.39 is 28.1 Å². The summed E-state index contributed by atoms with van der Waals surface area (Å²) in [4.78, 5) is 23.3. The summed E-state index contributed by atoms with van der Waals surface area (Å²) in [7, 11) is -2.76. The van der Waals surface area contributed by atoms with Crippen molar-refractivity contribution in [1.29, 1.82) is 0 Å². The van der Waals surface area contributed by atoms with Gasteiger partial charge in [0.05, 0.1) is 17.6 Å². The Kier molecular flexibility index (Phi) is 6.23. The average molecular weight is 398 g/mol. The van der Waals surface area contributed by atoms with E-state index in [0.29, 0.717) is 10.7 Å². The number of ether oxygens (including phenoxy) is 2. The number of benzene rings is 2. The number of sulfonamides is 1. The first-order chi connectivity index (χ1) is 12.2. The van der Waals surface area contributed by atoms with Crippen molar-refractivity contribution < 1.29 is 27.5 Å². The molecule has 138 valence electrons. The molecule has 1 N–H and O–H groups in total. The van der Waals surface area contributed by atoms with Gasteiger partial charge in [-0.2, -0.15) is 0 Å². The average Bonchev–Trinajstić information content (AvgIpc) is 2.62. The van der Waals surface area contributed by atoms with Crippen molar-refractivity contribution in [2.75, 3.05) is 11.8 Å². The van der Waals surface area contributed by atoms with Crippen molar-refractivity contribution in [3.63, 3.8) is 0 Å². The molecule has 0 unspecified atom stereocenters. The quantitative estimate of drug-likeness (QED) is 0.752. The number of anilines is 1. The molecule has 26 heavy (non-hydrogen) atoms. The summed E-state index contributed by atoms with van der Waals surface area (Å²) < 4.78 is 36.7. The highest BCUT2D eigenvalue weighted by molar-refractivity contribution is 7.92. The smallest absolute Gasteiger partial charge is 0.346 e. The standard InChI is InChI=1S/C17H16ClNO6S/c1-11(16(20)24-2)25-17(21)12-4-3-5-15(10-12)26(22,23)19-14-8-6-13(18)7-9-14/h3-11,19H,1-2H3/t11-/m0/s1. The third-order valence-electron chi connectivity index (χ3n) is 3.29. The number of methoxy groups -OCH3 is 1. The maximum Gasteiger partial charge on any atom is 0.346 e. The third-order valence-corrected chi connectivity index (χ3v) is 4.92. The van der Waals surface area contributed by atoms with Crippen LogP contribution in [0.2, 0.25) is 5.02 Å². The minimum absolute atomic E-state index is 0.0141. The maximum absolute atomic E-state index is 12.5. The molecule has 0 aromatic heterocycles. The Bertz CT molecular complexity index is 911. The molecule has 0 amide bonds. The van der Waals surface area contributed by atoms with Crippen LogP contribution in [0.4, 0.5) is 5.69 Å². The highest BCUT2D eigenvalue weighted by Crippen LogP contribution is 2.19. The highest BCUT2D eigenvalue weighted by atomic mass is 35.5. The first-order valence-electron chi connectivity index (χ1n) is 7.40. The van der Waals surface area contributed by atoms with Crippen LogP contribution in [0.5, 0.6) is 0 Å². The SMILES string of the molecule is COC(=O)[C@H](C)OC(=O)c1cccc(S(=O)(=O)Nc2ccc(Cl)cc2)c1. The molecule has 0 fully saturated rings. The van der Waals surface area contributed by atoms with Gasteiger partial charge in [-0.3, -0.25) is 4.72 Å². The molecule has 0 saturated carbocycles. The maximum atomic E-state index is 12.5. The topological polar surface area (TPSA) is 98.8 Å². The van der Waals surface area contributed by atoms with Crippen LogP contribution in [0, 0.1) is 0 Å². The van der Waals surface area contributed by atoms with Gasteiger partial charge in [-0.05, 0) is 49.4 Å². The molecule has 0 heterocycles. The molecule has 0 bridgehead atoms. The Balaban J connectivity index is 2.20. The molecule has 0 aliphatic rings. The largest absolute Gasteiger partial charge is 0.466 e. The monoisotopic (exact) mass is 397 g/mol. The predicted octanol–water partition coefficient (Wildman–Crippen LogP) is 2.86. The first kappa shape index (κ1) is 19.7. The van der Waals surface area contributed by atoms with E-state index in [-0.39, 0.29) is 10.5 Å². The number of halogens is 1. The van der Waals surface area contributed by atoms with Crippen molar-refractivity contribution in [2.24, 2.45) is 0 Å². The molecule has 2 aromatic carbocycles. The van der Waals surface area contributed by atoms with E-state index in [1.807, 2.05) is 0 Å². The van der Waals surface area contributed by atoms with Crippen LogP contribution in [0.25, 0.3) is 0 Å². The van der Waals surface area contributed by atoms with Crippen LogP contribution in [0.15, 0.2) is 53.4 Å². The van der Waals surface area contributed by atoms with Gasteiger partial charge in [-0.1, -0.05) is 17.7 Å². The normalized spacial score (nSPS) is 12.1. The molecule has 2 rings (SSSR count). The lowest BCUT2D eigenvalue weighted by molar-refractivity contribution is -0.149. The number of carbonyl (C=O) groups is 2. The van der Waals surface area contributed by atoms with Gasteiger partial charge in [0.15, 0.2) is 6.10 Å². The Morgan fingerprint density at radius 3 is 2.38 bits per heavy atom. The third kappa shape index (κ3) is 4.96. The van der Waals surface area contributed by atoms with Crippen LogP contribution in [0.3, 0.4) is 0 Å².